The SMILES string of the molecule is CCNC(=O)CN(C)C(C)CC(=O)O. The van der Waals surface area contributed by atoms with Crippen LogP contribution >= 0.6 is 0 Å². The Morgan fingerprint density at radius 2 is 2.07 bits per heavy atom. The Labute approximate surface area is 84.1 Å². The minimum atomic E-state index is -0.847. The molecule has 0 aliphatic rings. The molecule has 2 N–H and O–H groups in total. The first-order valence-corrected chi connectivity index (χ1v) is 4.66. The Hall–Kier alpha value is -1.10. The lowest BCUT2D eigenvalue weighted by Crippen LogP contribution is -2.40. The first-order chi connectivity index (χ1) is 6.47. The second-order valence-corrected chi connectivity index (χ2v) is 3.32. The number of aliphatic carboxylic acids is 1. The number of carbonyl (C=O) groups is 2. The molecule has 5 heteroatoms. The van der Waals surface area contributed by atoms with Gasteiger partial charge < -0.3 is 10.4 Å². The number of hydrogen-bond donors (Lipinski definition) is 2. The van der Waals surface area contributed by atoms with Gasteiger partial charge in [0.05, 0.1) is 13.0 Å². The number of rotatable bonds is 6. The van der Waals surface area contributed by atoms with Crippen LogP contribution in [0.1, 0.15) is 20.3 Å². The van der Waals surface area contributed by atoms with E-state index >= 15 is 0 Å². The topological polar surface area (TPSA) is 69.6 Å². The van der Waals surface area contributed by atoms with Crippen molar-refractivity contribution in [3.05, 3.63) is 0 Å². The molecule has 1 amide bonds. The van der Waals surface area contributed by atoms with E-state index in [-0.39, 0.29) is 24.9 Å². The summed E-state index contributed by atoms with van der Waals surface area (Å²) in [6.45, 7) is 4.47. The second-order valence-electron chi connectivity index (χ2n) is 3.32. The quantitative estimate of drug-likeness (QED) is 0.632. The molecule has 0 aromatic carbocycles. The molecule has 0 heterocycles. The van der Waals surface area contributed by atoms with Crippen LogP contribution in [-0.2, 0) is 9.59 Å². The first-order valence-electron chi connectivity index (χ1n) is 4.66. The summed E-state index contributed by atoms with van der Waals surface area (Å²) < 4.78 is 0. The highest BCUT2D eigenvalue weighted by Crippen LogP contribution is 1.99. The Balaban J connectivity index is 3.87. The lowest BCUT2D eigenvalue weighted by Gasteiger charge is -2.22. The molecule has 0 aliphatic carbocycles. The van der Waals surface area contributed by atoms with Crippen molar-refractivity contribution in [3.8, 4) is 0 Å². The second kappa shape index (κ2) is 6.37. The Bertz CT molecular complexity index is 206. The van der Waals surface area contributed by atoms with Crippen molar-refractivity contribution in [2.45, 2.75) is 26.3 Å². The van der Waals surface area contributed by atoms with Crippen molar-refractivity contribution in [2.75, 3.05) is 20.1 Å². The van der Waals surface area contributed by atoms with Crippen LogP contribution in [0.5, 0.6) is 0 Å². The molecule has 5 nitrogen and oxygen atoms in total. The van der Waals surface area contributed by atoms with Gasteiger partial charge in [0.1, 0.15) is 0 Å². The normalized spacial score (nSPS) is 12.6. The van der Waals surface area contributed by atoms with Crippen molar-refractivity contribution in [1.29, 1.82) is 0 Å². The maximum atomic E-state index is 11.1. The maximum Gasteiger partial charge on any atom is 0.304 e. The molecular formula is C9H18N2O3. The fourth-order valence-corrected chi connectivity index (χ4v) is 1.04. The van der Waals surface area contributed by atoms with Gasteiger partial charge in [-0.05, 0) is 20.9 Å². The van der Waals surface area contributed by atoms with E-state index in [1.54, 1.807) is 18.9 Å². The number of amides is 1. The fraction of sp³-hybridized carbons (Fsp3) is 0.778. The van der Waals surface area contributed by atoms with Crippen LogP contribution in [0.3, 0.4) is 0 Å². The van der Waals surface area contributed by atoms with Gasteiger partial charge in [-0.1, -0.05) is 0 Å². The first kappa shape index (κ1) is 12.9. The molecule has 1 unspecified atom stereocenters. The Morgan fingerprint density at radius 3 is 2.50 bits per heavy atom. The molecule has 0 bridgehead atoms. The van der Waals surface area contributed by atoms with E-state index in [2.05, 4.69) is 5.32 Å². The molecule has 0 rings (SSSR count). The smallest absolute Gasteiger partial charge is 0.304 e. The Morgan fingerprint density at radius 1 is 1.50 bits per heavy atom. The fourth-order valence-electron chi connectivity index (χ4n) is 1.04. The number of nitrogens with zero attached hydrogens (tertiary/aromatic N) is 1. The van der Waals surface area contributed by atoms with Gasteiger partial charge in [0.15, 0.2) is 0 Å². The van der Waals surface area contributed by atoms with Gasteiger partial charge in [-0.15, -0.1) is 0 Å². The Kier molecular flexibility index (Phi) is 5.87. The molecular weight excluding hydrogens is 184 g/mol. The number of carboxylic acid groups (broad SMARTS) is 1. The third kappa shape index (κ3) is 5.53. The van der Waals surface area contributed by atoms with E-state index in [0.29, 0.717) is 6.54 Å². The predicted molar refractivity (Wildman–Crippen MR) is 53.0 cm³/mol. The lowest BCUT2D eigenvalue weighted by atomic mass is 10.2. The van der Waals surface area contributed by atoms with Gasteiger partial charge in [-0.2, -0.15) is 0 Å². The number of nitrogens with one attached hydrogen (secondary N) is 1. The minimum absolute atomic E-state index is 0.0515. The summed E-state index contributed by atoms with van der Waals surface area (Å²) in [5.41, 5.74) is 0. The van der Waals surface area contributed by atoms with E-state index in [0.717, 1.165) is 0 Å². The largest absolute Gasteiger partial charge is 0.481 e. The van der Waals surface area contributed by atoms with Gasteiger partial charge in [0.25, 0.3) is 0 Å². The molecule has 0 saturated heterocycles. The molecule has 0 aromatic heterocycles. The number of hydrogen-bond acceptors (Lipinski definition) is 3. The van der Waals surface area contributed by atoms with Crippen molar-refractivity contribution in [1.82, 2.24) is 10.2 Å². The molecule has 0 saturated carbocycles. The minimum Gasteiger partial charge on any atom is -0.481 e. The summed E-state index contributed by atoms with van der Waals surface area (Å²) in [5, 5.41) is 11.2. The third-order valence-electron chi connectivity index (χ3n) is 1.99. The van der Waals surface area contributed by atoms with Crippen LogP contribution in [0, 0.1) is 0 Å². The number of carboxylic acids is 1. The van der Waals surface area contributed by atoms with Crippen LogP contribution in [0.15, 0.2) is 0 Å². The monoisotopic (exact) mass is 202 g/mol. The van der Waals surface area contributed by atoms with E-state index in [1.807, 2.05) is 6.92 Å². The highest BCUT2D eigenvalue weighted by molar-refractivity contribution is 5.78. The van der Waals surface area contributed by atoms with Crippen LogP contribution in [-0.4, -0.2) is 48.1 Å². The molecule has 0 aromatic rings. The van der Waals surface area contributed by atoms with Gasteiger partial charge >= 0.3 is 5.97 Å². The average Bonchev–Trinajstić information content (AvgIpc) is 2.02. The van der Waals surface area contributed by atoms with E-state index < -0.39 is 5.97 Å². The van der Waals surface area contributed by atoms with E-state index in [1.165, 1.54) is 0 Å². The van der Waals surface area contributed by atoms with Crippen LogP contribution in [0.25, 0.3) is 0 Å². The summed E-state index contributed by atoms with van der Waals surface area (Å²) in [6, 6.07) is -0.130. The van der Waals surface area contributed by atoms with Gasteiger partial charge in [0, 0.05) is 12.6 Å². The van der Waals surface area contributed by atoms with E-state index in [4.69, 9.17) is 5.11 Å². The lowest BCUT2D eigenvalue weighted by molar-refractivity contribution is -0.138. The summed E-state index contributed by atoms with van der Waals surface area (Å²) in [5.74, 6) is -0.924. The van der Waals surface area contributed by atoms with Crippen LogP contribution in [0.2, 0.25) is 0 Å². The average molecular weight is 202 g/mol. The predicted octanol–water partition coefficient (Wildman–Crippen LogP) is -0.0825. The van der Waals surface area contributed by atoms with Gasteiger partial charge in [0.2, 0.25) is 5.91 Å². The van der Waals surface area contributed by atoms with Crippen molar-refractivity contribution in [3.63, 3.8) is 0 Å². The van der Waals surface area contributed by atoms with Gasteiger partial charge in [-0.25, -0.2) is 0 Å². The number of likely N-dealkylation sites (N-methyl/N-ethyl adjacent to an activating group) is 2. The summed E-state index contributed by atoms with van der Waals surface area (Å²) >= 11 is 0. The summed E-state index contributed by atoms with van der Waals surface area (Å²) in [4.78, 5) is 23.3. The highest BCUT2D eigenvalue weighted by atomic mass is 16.4. The van der Waals surface area contributed by atoms with Crippen molar-refractivity contribution >= 4 is 11.9 Å². The van der Waals surface area contributed by atoms with E-state index in [9.17, 15) is 9.59 Å². The molecule has 1 atom stereocenters. The maximum absolute atomic E-state index is 11.1. The zero-order valence-corrected chi connectivity index (χ0v) is 8.91. The summed E-state index contributed by atoms with van der Waals surface area (Å²) in [6.07, 6.45) is 0.0515. The van der Waals surface area contributed by atoms with Crippen LogP contribution < -0.4 is 5.32 Å². The van der Waals surface area contributed by atoms with Crippen molar-refractivity contribution < 1.29 is 14.7 Å². The van der Waals surface area contributed by atoms with Crippen molar-refractivity contribution in [2.24, 2.45) is 0 Å². The van der Waals surface area contributed by atoms with Gasteiger partial charge in [-0.3, -0.25) is 14.5 Å². The molecule has 14 heavy (non-hydrogen) atoms. The highest BCUT2D eigenvalue weighted by Gasteiger charge is 2.15. The molecule has 0 aliphatic heterocycles. The molecule has 82 valence electrons. The van der Waals surface area contributed by atoms with Crippen LogP contribution in [0.4, 0.5) is 0 Å². The third-order valence-corrected chi connectivity index (χ3v) is 1.99. The standard InChI is InChI=1S/C9H18N2O3/c1-4-10-8(12)6-11(3)7(2)5-9(13)14/h7H,4-6H2,1-3H3,(H,10,12)(H,13,14). The zero-order valence-electron chi connectivity index (χ0n) is 8.91. The zero-order chi connectivity index (χ0) is 11.1. The molecule has 0 spiro atoms. The molecule has 0 radical (unpaired) electrons. The molecule has 0 fully saturated rings. The summed E-state index contributed by atoms with van der Waals surface area (Å²) in [7, 11) is 1.74. The number of carbonyl (C=O) groups excluding carboxylic acids is 1.